The van der Waals surface area contributed by atoms with Gasteiger partial charge in [-0.1, -0.05) is 66.2 Å². The fraction of sp³-hybridized carbons (Fsp3) is 0.692. The number of aliphatic carboxylic acids is 1. The number of fused-ring (bicyclic) bond motifs is 7. The lowest BCUT2D eigenvalue weighted by atomic mass is 9.33. The first-order valence-corrected chi connectivity index (χ1v) is 17.3. The number of hydrogen-bond acceptors (Lipinski definition) is 6. The van der Waals surface area contributed by atoms with E-state index >= 15 is 0 Å². The maximum atomic E-state index is 13.1. The number of benzene rings is 1. The summed E-state index contributed by atoms with van der Waals surface area (Å²) in [7, 11) is 0. The maximum absolute atomic E-state index is 13.1. The molecule has 0 saturated heterocycles. The van der Waals surface area contributed by atoms with Crippen molar-refractivity contribution in [2.24, 2.45) is 50.2 Å². The summed E-state index contributed by atoms with van der Waals surface area (Å²) in [6, 6.07) is 4.33. The number of esters is 1. The van der Waals surface area contributed by atoms with Crippen LogP contribution in [0.3, 0.4) is 0 Å². The van der Waals surface area contributed by atoms with Crippen LogP contribution in [0.4, 0.5) is 0 Å². The van der Waals surface area contributed by atoms with E-state index in [0.717, 1.165) is 51.4 Å². The Hall–Kier alpha value is -2.80. The summed E-state index contributed by atoms with van der Waals surface area (Å²) in [5.41, 5.74) is 0.521. The zero-order valence-electron chi connectivity index (χ0n) is 28.7. The first-order valence-electron chi connectivity index (χ1n) is 17.3. The molecule has 5 aliphatic carbocycles. The fourth-order valence-electron chi connectivity index (χ4n) is 11.8. The molecule has 6 rings (SSSR count). The zero-order valence-corrected chi connectivity index (χ0v) is 28.7. The molecule has 0 heterocycles. The summed E-state index contributed by atoms with van der Waals surface area (Å²) in [4.78, 5) is 26.1. The maximum Gasteiger partial charge on any atom is 0.331 e. The number of ether oxygens (including phenoxy) is 1. The highest BCUT2D eigenvalue weighted by Gasteiger charge is 2.70. The standard InChI is InChI=1S/C39H54O7/c1-34(2)16-18-39(33(44)45)19-17-37(6)24(25(39)21-34)10-12-30-36(5)22-28(32(43)35(3,4)29(36)14-15-38(30,37)7)46-31(42)13-9-23-8-11-26(40)27(41)20-23/h8-11,13,20,25,28-30,32,40-41,43H,12,14-19,21-22H2,1-7H3,(H,44,45)/b13-9+/t25-,28+,29?,30?,32-,36-,37+,38+,39-/m0/s1. The summed E-state index contributed by atoms with van der Waals surface area (Å²) in [5, 5.41) is 41.7. The second-order valence-electron chi connectivity index (χ2n) is 17.7. The lowest BCUT2D eigenvalue weighted by Crippen LogP contribution is -2.67. The SMILES string of the molecule is CC1(C)CC[C@]2(C(=O)O)CC[C@]3(C)C(=CCC4[C@@]5(C)C[C@@H](OC(=O)/C=C/c6ccc(O)c(O)c6)[C@H](O)C(C)(C)C5CC[C@]43C)[C@@H]2C1. The second-order valence-corrected chi connectivity index (χ2v) is 17.7. The van der Waals surface area contributed by atoms with Gasteiger partial charge in [0.25, 0.3) is 0 Å². The van der Waals surface area contributed by atoms with Crippen LogP contribution in [0.1, 0.15) is 112 Å². The number of carboxylic acids is 1. The van der Waals surface area contributed by atoms with E-state index in [2.05, 4.69) is 54.5 Å². The van der Waals surface area contributed by atoms with Crippen LogP contribution < -0.4 is 0 Å². The van der Waals surface area contributed by atoms with Crippen LogP contribution in [-0.2, 0) is 14.3 Å². The predicted molar refractivity (Wildman–Crippen MR) is 177 cm³/mol. The van der Waals surface area contributed by atoms with Crippen molar-refractivity contribution in [3.8, 4) is 11.5 Å². The molecule has 0 aromatic heterocycles. The van der Waals surface area contributed by atoms with Gasteiger partial charge in [-0.25, -0.2) is 4.79 Å². The molecule has 7 nitrogen and oxygen atoms in total. The summed E-state index contributed by atoms with van der Waals surface area (Å²) < 4.78 is 6.04. The lowest BCUT2D eigenvalue weighted by Gasteiger charge is -2.71. The highest BCUT2D eigenvalue weighted by atomic mass is 16.6. The Labute approximate surface area is 274 Å². The van der Waals surface area contributed by atoms with Crippen molar-refractivity contribution in [2.75, 3.05) is 0 Å². The van der Waals surface area contributed by atoms with Crippen molar-refractivity contribution in [3.63, 3.8) is 0 Å². The molecule has 5 aliphatic rings. The third-order valence-corrected chi connectivity index (χ3v) is 14.7. The molecule has 252 valence electrons. The van der Waals surface area contributed by atoms with E-state index in [4.69, 9.17) is 4.74 Å². The molecule has 2 unspecified atom stereocenters. The van der Waals surface area contributed by atoms with Crippen molar-refractivity contribution >= 4 is 18.0 Å². The highest BCUT2D eigenvalue weighted by Crippen LogP contribution is 2.75. The second kappa shape index (κ2) is 10.6. The monoisotopic (exact) mass is 634 g/mol. The van der Waals surface area contributed by atoms with Gasteiger partial charge in [-0.15, -0.1) is 0 Å². The number of aromatic hydroxyl groups is 2. The minimum absolute atomic E-state index is 0.0522. The molecule has 0 aliphatic heterocycles. The van der Waals surface area contributed by atoms with Gasteiger partial charge in [-0.2, -0.15) is 0 Å². The molecule has 0 bridgehead atoms. The van der Waals surface area contributed by atoms with Crippen LogP contribution in [0.25, 0.3) is 6.08 Å². The van der Waals surface area contributed by atoms with E-state index in [9.17, 15) is 30.0 Å². The predicted octanol–water partition coefficient (Wildman–Crippen LogP) is 7.88. The minimum Gasteiger partial charge on any atom is -0.504 e. The number of phenolic OH excluding ortho intramolecular Hbond substituents is 2. The number of carbonyl (C=O) groups excluding carboxylic acids is 1. The summed E-state index contributed by atoms with van der Waals surface area (Å²) in [5.74, 6) is -1.08. The molecule has 9 atom stereocenters. The van der Waals surface area contributed by atoms with E-state index in [1.54, 1.807) is 6.07 Å². The van der Waals surface area contributed by atoms with Gasteiger partial charge in [-0.3, -0.25) is 4.79 Å². The molecule has 4 N–H and O–H groups in total. The minimum atomic E-state index is -0.814. The van der Waals surface area contributed by atoms with Gasteiger partial charge < -0.3 is 25.2 Å². The number of rotatable bonds is 4. The lowest BCUT2D eigenvalue weighted by molar-refractivity contribution is -0.237. The van der Waals surface area contributed by atoms with Crippen LogP contribution in [0.15, 0.2) is 35.9 Å². The number of carbonyl (C=O) groups is 2. The van der Waals surface area contributed by atoms with Gasteiger partial charge in [0.15, 0.2) is 11.5 Å². The normalized spacial score (nSPS) is 42.5. The fourth-order valence-corrected chi connectivity index (χ4v) is 11.8. The Morgan fingerprint density at radius 3 is 2.26 bits per heavy atom. The number of aliphatic hydroxyl groups is 1. The van der Waals surface area contributed by atoms with Crippen LogP contribution in [0.5, 0.6) is 11.5 Å². The Balaban J connectivity index is 1.32. The smallest absolute Gasteiger partial charge is 0.331 e. The van der Waals surface area contributed by atoms with E-state index in [-0.39, 0.29) is 45.0 Å². The Morgan fingerprint density at radius 2 is 1.59 bits per heavy atom. The number of carboxylic acid groups (broad SMARTS) is 1. The van der Waals surface area contributed by atoms with Crippen LogP contribution in [-0.4, -0.2) is 44.6 Å². The molecular formula is C39H54O7. The molecule has 4 fully saturated rings. The molecule has 4 saturated carbocycles. The van der Waals surface area contributed by atoms with Gasteiger partial charge in [0, 0.05) is 6.08 Å². The number of phenols is 2. The van der Waals surface area contributed by atoms with Crippen LogP contribution >= 0.6 is 0 Å². The van der Waals surface area contributed by atoms with Gasteiger partial charge in [0.1, 0.15) is 6.10 Å². The summed E-state index contributed by atoms with van der Waals surface area (Å²) >= 11 is 0. The van der Waals surface area contributed by atoms with Crippen molar-refractivity contribution in [3.05, 3.63) is 41.5 Å². The Morgan fingerprint density at radius 1 is 0.891 bits per heavy atom. The molecular weight excluding hydrogens is 580 g/mol. The summed E-state index contributed by atoms with van der Waals surface area (Å²) in [6.07, 6.45) is 11.4. The topological polar surface area (TPSA) is 124 Å². The Kier molecular flexibility index (Phi) is 7.63. The molecule has 0 radical (unpaired) electrons. The van der Waals surface area contributed by atoms with Gasteiger partial charge >= 0.3 is 11.9 Å². The van der Waals surface area contributed by atoms with E-state index in [1.807, 2.05) is 0 Å². The van der Waals surface area contributed by atoms with Gasteiger partial charge in [0.2, 0.25) is 0 Å². The molecule has 0 spiro atoms. The van der Waals surface area contributed by atoms with E-state index in [1.165, 1.54) is 29.9 Å². The first-order chi connectivity index (χ1) is 21.3. The van der Waals surface area contributed by atoms with Crippen LogP contribution in [0, 0.1) is 50.2 Å². The van der Waals surface area contributed by atoms with E-state index in [0.29, 0.717) is 17.9 Å². The Bertz CT molecular complexity index is 1490. The number of hydrogen-bond donors (Lipinski definition) is 4. The van der Waals surface area contributed by atoms with Crippen molar-refractivity contribution in [1.29, 1.82) is 0 Å². The average molecular weight is 635 g/mol. The highest BCUT2D eigenvalue weighted by molar-refractivity contribution is 5.87. The number of aliphatic hydroxyl groups excluding tert-OH is 1. The van der Waals surface area contributed by atoms with Gasteiger partial charge in [-0.05, 0) is 126 Å². The molecule has 7 heteroatoms. The quantitative estimate of drug-likeness (QED) is 0.115. The van der Waals surface area contributed by atoms with Crippen molar-refractivity contribution in [1.82, 2.24) is 0 Å². The molecule has 0 amide bonds. The van der Waals surface area contributed by atoms with Crippen molar-refractivity contribution < 1.29 is 34.8 Å². The third-order valence-electron chi connectivity index (χ3n) is 14.7. The summed E-state index contributed by atoms with van der Waals surface area (Å²) in [6.45, 7) is 16.1. The average Bonchev–Trinajstić information content (AvgIpc) is 2.96. The first kappa shape index (κ1) is 33.1. The number of allylic oxidation sites excluding steroid dienone is 2. The van der Waals surface area contributed by atoms with Crippen molar-refractivity contribution in [2.45, 2.75) is 118 Å². The molecule has 1 aromatic rings. The zero-order chi connectivity index (χ0) is 33.7. The molecule has 1 aromatic carbocycles. The van der Waals surface area contributed by atoms with E-state index < -0.39 is 35.0 Å². The largest absolute Gasteiger partial charge is 0.504 e. The molecule has 46 heavy (non-hydrogen) atoms. The van der Waals surface area contributed by atoms with Gasteiger partial charge in [0.05, 0.1) is 11.5 Å². The third kappa shape index (κ3) is 4.69. The van der Waals surface area contributed by atoms with Crippen LogP contribution in [0.2, 0.25) is 0 Å².